The van der Waals surface area contributed by atoms with Crippen LogP contribution in [0.5, 0.6) is 5.75 Å². The molecule has 2 N–H and O–H groups in total. The number of hydrogen-bond acceptors (Lipinski definition) is 3. The number of aromatic nitrogens is 2. The van der Waals surface area contributed by atoms with Gasteiger partial charge in [-0.1, -0.05) is 25.1 Å². The minimum Gasteiger partial charge on any atom is -0.488 e. The molecule has 0 spiro atoms. The van der Waals surface area contributed by atoms with E-state index in [0.29, 0.717) is 6.61 Å². The third-order valence-electron chi connectivity index (χ3n) is 2.91. The van der Waals surface area contributed by atoms with Gasteiger partial charge in [0.2, 0.25) is 0 Å². The van der Waals surface area contributed by atoms with Crippen LogP contribution in [0.25, 0.3) is 0 Å². The summed E-state index contributed by atoms with van der Waals surface area (Å²) in [4.78, 5) is 0. The smallest absolute Gasteiger partial charge is 0.124 e. The summed E-state index contributed by atoms with van der Waals surface area (Å²) >= 11 is 0. The van der Waals surface area contributed by atoms with E-state index in [0.717, 1.165) is 23.3 Å². The SMILES string of the molecule is CCC(N)c1ccccc1OCc1cnn(C)c1. The summed E-state index contributed by atoms with van der Waals surface area (Å²) in [6.45, 7) is 2.59. The van der Waals surface area contributed by atoms with Crippen molar-refractivity contribution >= 4 is 0 Å². The van der Waals surface area contributed by atoms with Crippen molar-refractivity contribution in [3.05, 3.63) is 47.8 Å². The number of hydrogen-bond donors (Lipinski definition) is 1. The lowest BCUT2D eigenvalue weighted by Crippen LogP contribution is -2.10. The van der Waals surface area contributed by atoms with Crippen molar-refractivity contribution in [3.63, 3.8) is 0 Å². The number of nitrogens with zero attached hydrogens (tertiary/aromatic N) is 2. The zero-order valence-corrected chi connectivity index (χ0v) is 10.8. The molecule has 0 aliphatic carbocycles. The highest BCUT2D eigenvalue weighted by Gasteiger charge is 2.10. The zero-order chi connectivity index (χ0) is 13.0. The van der Waals surface area contributed by atoms with E-state index in [1.54, 1.807) is 4.68 Å². The van der Waals surface area contributed by atoms with Crippen LogP contribution in [0.4, 0.5) is 0 Å². The van der Waals surface area contributed by atoms with E-state index < -0.39 is 0 Å². The molecule has 1 atom stereocenters. The second kappa shape index (κ2) is 5.69. The molecule has 1 aromatic heterocycles. The molecule has 1 aromatic carbocycles. The van der Waals surface area contributed by atoms with Gasteiger partial charge in [-0.15, -0.1) is 0 Å². The zero-order valence-electron chi connectivity index (χ0n) is 10.8. The summed E-state index contributed by atoms with van der Waals surface area (Å²) in [5, 5.41) is 4.11. The van der Waals surface area contributed by atoms with Gasteiger partial charge < -0.3 is 10.5 Å². The minimum absolute atomic E-state index is 0.0232. The van der Waals surface area contributed by atoms with Gasteiger partial charge in [0.05, 0.1) is 6.20 Å². The lowest BCUT2D eigenvalue weighted by Gasteiger charge is -2.15. The van der Waals surface area contributed by atoms with Gasteiger partial charge in [-0.2, -0.15) is 5.10 Å². The van der Waals surface area contributed by atoms with Crippen molar-refractivity contribution in [2.45, 2.75) is 26.0 Å². The molecule has 0 saturated heterocycles. The third-order valence-corrected chi connectivity index (χ3v) is 2.91. The highest BCUT2D eigenvalue weighted by atomic mass is 16.5. The van der Waals surface area contributed by atoms with Gasteiger partial charge in [0.25, 0.3) is 0 Å². The number of ether oxygens (including phenoxy) is 1. The highest BCUT2D eigenvalue weighted by molar-refractivity contribution is 5.35. The Kier molecular flexibility index (Phi) is 3.99. The molecular formula is C14H19N3O. The van der Waals surface area contributed by atoms with Gasteiger partial charge in [0.15, 0.2) is 0 Å². The molecule has 2 rings (SSSR count). The van der Waals surface area contributed by atoms with Gasteiger partial charge >= 0.3 is 0 Å². The Hall–Kier alpha value is -1.81. The van der Waals surface area contributed by atoms with Crippen LogP contribution in [-0.4, -0.2) is 9.78 Å². The molecule has 0 saturated carbocycles. The van der Waals surface area contributed by atoms with Gasteiger partial charge in [0.1, 0.15) is 12.4 Å². The highest BCUT2D eigenvalue weighted by Crippen LogP contribution is 2.25. The van der Waals surface area contributed by atoms with Crippen LogP contribution in [0.2, 0.25) is 0 Å². The molecule has 0 aliphatic rings. The number of nitrogens with two attached hydrogens (primary N) is 1. The largest absolute Gasteiger partial charge is 0.488 e. The Morgan fingerprint density at radius 3 is 2.83 bits per heavy atom. The van der Waals surface area contributed by atoms with Gasteiger partial charge in [-0.05, 0) is 12.5 Å². The summed E-state index contributed by atoms with van der Waals surface area (Å²) in [5.74, 6) is 0.857. The third kappa shape index (κ3) is 2.90. The van der Waals surface area contributed by atoms with Crippen LogP contribution < -0.4 is 10.5 Å². The first-order valence-corrected chi connectivity index (χ1v) is 6.15. The molecular weight excluding hydrogens is 226 g/mol. The molecule has 4 nitrogen and oxygen atoms in total. The molecule has 0 aliphatic heterocycles. The number of para-hydroxylation sites is 1. The predicted octanol–water partition coefficient (Wildman–Crippen LogP) is 2.41. The fraction of sp³-hybridized carbons (Fsp3) is 0.357. The lowest BCUT2D eigenvalue weighted by atomic mass is 10.0. The summed E-state index contributed by atoms with van der Waals surface area (Å²) in [6, 6.07) is 7.95. The second-order valence-electron chi connectivity index (χ2n) is 4.36. The first-order valence-electron chi connectivity index (χ1n) is 6.15. The van der Waals surface area contributed by atoms with E-state index in [-0.39, 0.29) is 6.04 Å². The van der Waals surface area contributed by atoms with Crippen molar-refractivity contribution in [3.8, 4) is 5.75 Å². The van der Waals surface area contributed by atoms with E-state index in [4.69, 9.17) is 10.5 Å². The van der Waals surface area contributed by atoms with Crippen molar-refractivity contribution < 1.29 is 4.74 Å². The van der Waals surface area contributed by atoms with Crippen molar-refractivity contribution in [2.75, 3.05) is 0 Å². The van der Waals surface area contributed by atoms with Gasteiger partial charge in [0, 0.05) is 30.4 Å². The maximum absolute atomic E-state index is 6.07. The fourth-order valence-electron chi connectivity index (χ4n) is 1.85. The Bertz CT molecular complexity index is 507. The molecule has 0 radical (unpaired) electrons. The number of aryl methyl sites for hydroxylation is 1. The Balaban J connectivity index is 2.09. The molecule has 1 unspecified atom stereocenters. The van der Waals surface area contributed by atoms with Crippen LogP contribution in [0, 0.1) is 0 Å². The average molecular weight is 245 g/mol. The minimum atomic E-state index is 0.0232. The van der Waals surface area contributed by atoms with Crippen LogP contribution >= 0.6 is 0 Å². The average Bonchev–Trinajstić information content (AvgIpc) is 2.81. The van der Waals surface area contributed by atoms with E-state index in [2.05, 4.69) is 12.0 Å². The van der Waals surface area contributed by atoms with Gasteiger partial charge in [-0.25, -0.2) is 0 Å². The molecule has 96 valence electrons. The Morgan fingerprint density at radius 1 is 1.39 bits per heavy atom. The number of rotatable bonds is 5. The summed E-state index contributed by atoms with van der Waals surface area (Å²) < 4.78 is 7.59. The van der Waals surface area contributed by atoms with Gasteiger partial charge in [-0.3, -0.25) is 4.68 Å². The van der Waals surface area contributed by atoms with E-state index in [1.165, 1.54) is 0 Å². The Labute approximate surface area is 107 Å². The topological polar surface area (TPSA) is 53.1 Å². The molecule has 0 bridgehead atoms. The molecule has 1 heterocycles. The molecule has 0 fully saturated rings. The van der Waals surface area contributed by atoms with Crippen LogP contribution in [-0.2, 0) is 13.7 Å². The summed E-state index contributed by atoms with van der Waals surface area (Å²) in [5.41, 5.74) is 8.18. The first-order chi connectivity index (χ1) is 8.70. The molecule has 18 heavy (non-hydrogen) atoms. The monoisotopic (exact) mass is 245 g/mol. The standard InChI is InChI=1S/C14H19N3O/c1-3-13(15)12-6-4-5-7-14(12)18-10-11-8-16-17(2)9-11/h4-9,13H,3,10,15H2,1-2H3. The maximum Gasteiger partial charge on any atom is 0.124 e. The second-order valence-corrected chi connectivity index (χ2v) is 4.36. The van der Waals surface area contributed by atoms with Crippen molar-refractivity contribution in [2.24, 2.45) is 12.8 Å². The van der Waals surface area contributed by atoms with Crippen molar-refractivity contribution in [1.29, 1.82) is 0 Å². The van der Waals surface area contributed by atoms with E-state index in [9.17, 15) is 0 Å². The first kappa shape index (κ1) is 12.6. The summed E-state index contributed by atoms with van der Waals surface area (Å²) in [6.07, 6.45) is 4.65. The van der Waals surface area contributed by atoms with Crippen LogP contribution in [0.1, 0.15) is 30.5 Å². The van der Waals surface area contributed by atoms with Crippen LogP contribution in [0.3, 0.4) is 0 Å². The maximum atomic E-state index is 6.07. The lowest BCUT2D eigenvalue weighted by molar-refractivity contribution is 0.300. The molecule has 0 amide bonds. The quantitative estimate of drug-likeness (QED) is 0.880. The predicted molar refractivity (Wildman–Crippen MR) is 71.2 cm³/mol. The Morgan fingerprint density at radius 2 is 2.17 bits per heavy atom. The normalized spacial score (nSPS) is 12.4. The van der Waals surface area contributed by atoms with Crippen molar-refractivity contribution in [1.82, 2.24) is 9.78 Å². The summed E-state index contributed by atoms with van der Waals surface area (Å²) in [7, 11) is 1.89. The number of benzene rings is 1. The molecule has 2 aromatic rings. The van der Waals surface area contributed by atoms with Crippen LogP contribution in [0.15, 0.2) is 36.7 Å². The van der Waals surface area contributed by atoms with E-state index in [1.807, 2.05) is 43.7 Å². The van der Waals surface area contributed by atoms with E-state index >= 15 is 0 Å². The molecule has 4 heteroatoms. The fourth-order valence-corrected chi connectivity index (χ4v) is 1.85.